The van der Waals surface area contributed by atoms with Gasteiger partial charge in [-0.2, -0.15) is 14.5 Å². The van der Waals surface area contributed by atoms with Crippen LogP contribution in [0.3, 0.4) is 0 Å². The number of nitrogens with two attached hydrogens (primary N) is 1. The van der Waals surface area contributed by atoms with Gasteiger partial charge in [0.15, 0.2) is 5.82 Å². The highest BCUT2D eigenvalue weighted by Crippen LogP contribution is 2.25. The third-order valence-electron chi connectivity index (χ3n) is 3.59. The molecule has 0 spiro atoms. The smallest absolute Gasteiger partial charge is 0.254 e. The third-order valence-corrected chi connectivity index (χ3v) is 3.59. The van der Waals surface area contributed by atoms with Gasteiger partial charge in [-0.3, -0.25) is 9.48 Å². The van der Waals surface area contributed by atoms with E-state index in [0.29, 0.717) is 12.3 Å². The van der Waals surface area contributed by atoms with Crippen molar-refractivity contribution in [2.45, 2.75) is 25.8 Å². The van der Waals surface area contributed by atoms with Crippen molar-refractivity contribution >= 4 is 17.4 Å². The van der Waals surface area contributed by atoms with Crippen molar-refractivity contribution in [2.24, 2.45) is 5.73 Å². The SMILES string of the molecule is C#N.CCCC(COC)n1cc(C(N)=O)c(Nc2cc(F)nc(OC)c2)n1. The first-order valence-corrected chi connectivity index (χ1v) is 8.10. The van der Waals surface area contributed by atoms with Gasteiger partial charge in [0, 0.05) is 37.7 Å². The van der Waals surface area contributed by atoms with E-state index in [1.807, 2.05) is 6.92 Å². The first-order valence-electron chi connectivity index (χ1n) is 8.10. The predicted octanol–water partition coefficient (Wildman–Crippen LogP) is 2.40. The van der Waals surface area contributed by atoms with Crippen LogP contribution in [0.1, 0.15) is 36.2 Å². The zero-order valence-corrected chi connectivity index (χ0v) is 15.5. The molecule has 0 aliphatic heterocycles. The van der Waals surface area contributed by atoms with E-state index in [2.05, 4.69) is 22.0 Å². The number of methoxy groups -OCH3 is 2. The molecule has 1 unspecified atom stereocenters. The maximum atomic E-state index is 13.5. The Kier molecular flexibility index (Phi) is 8.68. The van der Waals surface area contributed by atoms with Crippen molar-refractivity contribution in [1.82, 2.24) is 14.8 Å². The molecule has 2 rings (SSSR count). The standard InChI is InChI=1S/C16H22FN5O3.CHN/c1-4-5-11(9-24-2)22-8-12(15(18)23)16(21-22)19-10-6-13(17)20-14(7-10)25-3;1-2/h6-8,11H,4-5,9H2,1-3H3,(H2,18,23)(H,19,20,21);1H. The Labute approximate surface area is 156 Å². The summed E-state index contributed by atoms with van der Waals surface area (Å²) in [6.45, 7) is 6.00. The van der Waals surface area contributed by atoms with E-state index in [1.54, 1.807) is 18.0 Å². The average Bonchev–Trinajstić information content (AvgIpc) is 3.06. The first kappa shape index (κ1) is 21.9. The number of carbonyl (C=O) groups excluding carboxylic acids is 1. The molecular weight excluding hydrogens is 355 g/mol. The van der Waals surface area contributed by atoms with Crippen LogP contribution in [0.25, 0.3) is 0 Å². The zero-order valence-electron chi connectivity index (χ0n) is 15.5. The molecule has 0 bridgehead atoms. The van der Waals surface area contributed by atoms with E-state index < -0.39 is 11.9 Å². The topological polar surface area (TPSA) is 128 Å². The fourth-order valence-corrected chi connectivity index (χ4v) is 2.46. The van der Waals surface area contributed by atoms with E-state index in [9.17, 15) is 9.18 Å². The lowest BCUT2D eigenvalue weighted by molar-refractivity contribution is 0.100. The predicted molar refractivity (Wildman–Crippen MR) is 97.3 cm³/mol. The van der Waals surface area contributed by atoms with Gasteiger partial charge in [-0.25, -0.2) is 5.26 Å². The number of ether oxygens (including phenoxy) is 2. The number of nitrogens with zero attached hydrogens (tertiary/aromatic N) is 4. The van der Waals surface area contributed by atoms with E-state index in [1.165, 1.54) is 19.2 Å². The normalized spacial score (nSPS) is 11.2. The summed E-state index contributed by atoms with van der Waals surface area (Å²) in [4.78, 5) is 15.3. The fraction of sp³-hybridized carbons (Fsp3) is 0.412. The molecular formula is C17H23FN6O3. The summed E-state index contributed by atoms with van der Waals surface area (Å²) in [5.74, 6) is -1.02. The number of rotatable bonds is 9. The molecule has 2 aromatic rings. The monoisotopic (exact) mass is 378 g/mol. The van der Waals surface area contributed by atoms with Gasteiger partial charge in [0.1, 0.15) is 5.56 Å². The Balaban J connectivity index is 0.00000176. The molecule has 0 aromatic carbocycles. The molecule has 0 saturated heterocycles. The fourth-order valence-electron chi connectivity index (χ4n) is 2.46. The van der Waals surface area contributed by atoms with Crippen LogP contribution in [-0.4, -0.2) is 41.5 Å². The number of hydrogen-bond acceptors (Lipinski definition) is 7. The number of pyridine rings is 1. The highest BCUT2D eigenvalue weighted by Gasteiger charge is 2.19. The lowest BCUT2D eigenvalue weighted by Crippen LogP contribution is -2.15. The van der Waals surface area contributed by atoms with Crippen molar-refractivity contribution in [1.29, 1.82) is 5.26 Å². The second kappa shape index (κ2) is 10.7. The number of nitriles is 1. The van der Waals surface area contributed by atoms with E-state index >= 15 is 0 Å². The molecule has 0 radical (unpaired) electrons. The Bertz CT molecular complexity index is 771. The van der Waals surface area contributed by atoms with Crippen LogP contribution in [0, 0.1) is 17.8 Å². The summed E-state index contributed by atoms with van der Waals surface area (Å²) >= 11 is 0. The quantitative estimate of drug-likeness (QED) is 0.641. The number of aromatic nitrogens is 3. The molecule has 0 fully saturated rings. The number of amides is 1. The van der Waals surface area contributed by atoms with Crippen LogP contribution < -0.4 is 15.8 Å². The van der Waals surface area contributed by atoms with E-state index in [-0.39, 0.29) is 23.3 Å². The minimum absolute atomic E-state index is 0.0348. The van der Waals surface area contributed by atoms with Crippen LogP contribution >= 0.6 is 0 Å². The second-order valence-corrected chi connectivity index (χ2v) is 5.48. The van der Waals surface area contributed by atoms with Crippen molar-refractivity contribution in [3.05, 3.63) is 29.8 Å². The van der Waals surface area contributed by atoms with Gasteiger partial charge in [-0.15, -0.1) is 0 Å². The molecule has 0 saturated carbocycles. The maximum absolute atomic E-state index is 13.5. The van der Waals surface area contributed by atoms with Gasteiger partial charge in [0.25, 0.3) is 5.91 Å². The summed E-state index contributed by atoms with van der Waals surface area (Å²) in [5.41, 5.74) is 5.99. The number of nitrogens with one attached hydrogen (secondary N) is 1. The van der Waals surface area contributed by atoms with Crippen LogP contribution in [0.5, 0.6) is 5.88 Å². The molecule has 2 heterocycles. The maximum Gasteiger partial charge on any atom is 0.254 e. The van der Waals surface area contributed by atoms with Crippen molar-refractivity contribution in [3.63, 3.8) is 0 Å². The van der Waals surface area contributed by atoms with Crippen molar-refractivity contribution < 1.29 is 18.7 Å². The van der Waals surface area contributed by atoms with Crippen LogP contribution in [0.2, 0.25) is 0 Å². The van der Waals surface area contributed by atoms with Crippen LogP contribution in [-0.2, 0) is 4.74 Å². The van der Waals surface area contributed by atoms with Gasteiger partial charge in [0.05, 0.1) is 19.8 Å². The Morgan fingerprint density at radius 2 is 2.15 bits per heavy atom. The zero-order chi connectivity index (χ0) is 20.4. The minimum Gasteiger partial charge on any atom is -0.481 e. The molecule has 2 aromatic heterocycles. The van der Waals surface area contributed by atoms with Crippen LogP contribution in [0.4, 0.5) is 15.9 Å². The molecule has 9 nitrogen and oxygen atoms in total. The molecule has 1 atom stereocenters. The van der Waals surface area contributed by atoms with E-state index in [0.717, 1.165) is 12.8 Å². The Morgan fingerprint density at radius 3 is 2.70 bits per heavy atom. The van der Waals surface area contributed by atoms with Gasteiger partial charge >= 0.3 is 0 Å². The number of halogens is 1. The summed E-state index contributed by atoms with van der Waals surface area (Å²) in [7, 11) is 2.99. The van der Waals surface area contributed by atoms with E-state index in [4.69, 9.17) is 20.5 Å². The van der Waals surface area contributed by atoms with Crippen LogP contribution in [0.15, 0.2) is 18.3 Å². The lowest BCUT2D eigenvalue weighted by Gasteiger charge is -2.15. The van der Waals surface area contributed by atoms with Gasteiger partial charge in [-0.1, -0.05) is 13.3 Å². The number of carbonyl (C=O) groups is 1. The Morgan fingerprint density at radius 1 is 1.44 bits per heavy atom. The molecule has 146 valence electrons. The van der Waals surface area contributed by atoms with Crippen molar-refractivity contribution in [3.8, 4) is 12.5 Å². The molecule has 10 heteroatoms. The molecule has 0 aliphatic carbocycles. The minimum atomic E-state index is -0.717. The molecule has 0 aliphatic rings. The number of anilines is 2. The largest absolute Gasteiger partial charge is 0.481 e. The summed E-state index contributed by atoms with van der Waals surface area (Å²) in [6, 6.07) is 2.63. The first-order chi connectivity index (χ1) is 13.0. The molecule has 27 heavy (non-hydrogen) atoms. The summed E-state index contributed by atoms with van der Waals surface area (Å²) in [6.07, 6.45) is 3.32. The highest BCUT2D eigenvalue weighted by molar-refractivity contribution is 5.98. The summed E-state index contributed by atoms with van der Waals surface area (Å²) < 4.78 is 25.3. The third kappa shape index (κ3) is 5.93. The van der Waals surface area contributed by atoms with Gasteiger partial charge in [-0.05, 0) is 6.42 Å². The number of primary amides is 1. The summed E-state index contributed by atoms with van der Waals surface area (Å²) in [5, 5.41) is 13.8. The number of hydrogen-bond donors (Lipinski definition) is 2. The second-order valence-electron chi connectivity index (χ2n) is 5.48. The average molecular weight is 378 g/mol. The highest BCUT2D eigenvalue weighted by atomic mass is 19.1. The lowest BCUT2D eigenvalue weighted by atomic mass is 10.2. The van der Waals surface area contributed by atoms with Crippen molar-refractivity contribution in [2.75, 3.05) is 26.1 Å². The molecule has 1 amide bonds. The van der Waals surface area contributed by atoms with Gasteiger partial charge in [0.2, 0.25) is 11.8 Å². The Hall–Kier alpha value is -3.19. The molecule has 3 N–H and O–H groups in total. The van der Waals surface area contributed by atoms with Gasteiger partial charge < -0.3 is 20.5 Å².